The van der Waals surface area contributed by atoms with Crippen molar-refractivity contribution in [2.24, 2.45) is 5.92 Å². The second-order valence-corrected chi connectivity index (χ2v) is 4.99. The largest absolute Gasteiger partial charge is 0.393 e. The van der Waals surface area contributed by atoms with Crippen LogP contribution in [0.1, 0.15) is 52.9 Å². The van der Waals surface area contributed by atoms with E-state index in [0.29, 0.717) is 25.3 Å². The van der Waals surface area contributed by atoms with Crippen LogP contribution in [0.4, 0.5) is 0 Å². The summed E-state index contributed by atoms with van der Waals surface area (Å²) in [4.78, 5) is 0. The van der Waals surface area contributed by atoms with Crippen molar-refractivity contribution in [3.63, 3.8) is 0 Å². The molecule has 0 rings (SSSR count). The fourth-order valence-corrected chi connectivity index (χ4v) is 2.17. The number of nitrogens with zero attached hydrogens (tertiary/aromatic N) is 1. The van der Waals surface area contributed by atoms with Gasteiger partial charge in [0.2, 0.25) is 0 Å². The lowest BCUT2D eigenvalue weighted by Gasteiger charge is -2.29. The molecular weight excluding hydrogens is 214 g/mol. The molecule has 0 saturated heterocycles. The Hall–Kier alpha value is -0.560. The molecule has 0 aliphatic rings. The molecule has 0 amide bonds. The molecule has 3 heteroatoms. The highest BCUT2D eigenvalue weighted by molar-refractivity contribution is 4.85. The van der Waals surface area contributed by atoms with Crippen LogP contribution in [0.5, 0.6) is 0 Å². The molecule has 0 saturated carbocycles. The van der Waals surface area contributed by atoms with Gasteiger partial charge < -0.3 is 10.3 Å². The molecule has 3 atom stereocenters. The topological polar surface area (TPSA) is 43.7 Å². The van der Waals surface area contributed by atoms with Gasteiger partial charge in [0, 0.05) is 19.0 Å². The highest BCUT2D eigenvalue weighted by atomic mass is 16.5. The van der Waals surface area contributed by atoms with Gasteiger partial charge >= 0.3 is 0 Å². The summed E-state index contributed by atoms with van der Waals surface area (Å²) >= 11 is 0. The monoisotopic (exact) mass is 241 g/mol. The van der Waals surface area contributed by atoms with Gasteiger partial charge in [-0.25, -0.2) is 0 Å². The first kappa shape index (κ1) is 16.4. The van der Waals surface area contributed by atoms with Crippen LogP contribution in [0.25, 0.3) is 0 Å². The quantitative estimate of drug-likeness (QED) is 0.482. The molecule has 0 aromatic carbocycles. The summed E-state index contributed by atoms with van der Waals surface area (Å²) in [6, 6.07) is 0.00454. The Morgan fingerprint density at radius 1 is 1.29 bits per heavy atom. The molecule has 2 N–H and O–H groups in total. The number of hydroxylamine groups is 2. The summed E-state index contributed by atoms with van der Waals surface area (Å²) in [5, 5.41) is 20.7. The smallest absolute Gasteiger partial charge is 0.0527 e. The first-order chi connectivity index (χ1) is 8.01. The minimum Gasteiger partial charge on any atom is -0.393 e. The third-order valence-corrected chi connectivity index (χ3v) is 2.98. The van der Waals surface area contributed by atoms with E-state index in [1.807, 2.05) is 0 Å². The zero-order valence-electron chi connectivity index (χ0n) is 11.4. The van der Waals surface area contributed by atoms with E-state index in [1.165, 1.54) is 5.06 Å². The Morgan fingerprint density at radius 3 is 2.41 bits per heavy atom. The Morgan fingerprint density at radius 2 is 1.94 bits per heavy atom. The van der Waals surface area contributed by atoms with Crippen LogP contribution in [0.3, 0.4) is 0 Å². The van der Waals surface area contributed by atoms with Gasteiger partial charge in [0.1, 0.15) is 0 Å². The highest BCUT2D eigenvalue weighted by Gasteiger charge is 2.20. The summed E-state index contributed by atoms with van der Waals surface area (Å²) in [6.07, 6.45) is 9.13. The highest BCUT2D eigenvalue weighted by Crippen LogP contribution is 2.19. The van der Waals surface area contributed by atoms with Crippen LogP contribution in [0, 0.1) is 18.3 Å². The summed E-state index contributed by atoms with van der Waals surface area (Å²) < 4.78 is 0. The van der Waals surface area contributed by atoms with E-state index in [-0.39, 0.29) is 6.04 Å². The average molecular weight is 241 g/mol. The molecule has 0 heterocycles. The number of hydrogen-bond donors (Lipinski definition) is 2. The summed E-state index contributed by atoms with van der Waals surface area (Å²) in [5.41, 5.74) is 0. The number of rotatable bonds is 9. The van der Waals surface area contributed by atoms with Crippen molar-refractivity contribution < 1.29 is 10.3 Å². The Labute approximate surface area is 106 Å². The zero-order valence-corrected chi connectivity index (χ0v) is 11.4. The van der Waals surface area contributed by atoms with E-state index < -0.39 is 6.10 Å². The molecule has 0 aliphatic carbocycles. The molecule has 0 aliphatic heterocycles. The molecule has 3 nitrogen and oxygen atoms in total. The standard InChI is InChI=1S/C14H27NO2/c1-5-7-9-15(17)14(11-13(4)16)10-12(3)8-6-2/h1,12-14,16-17H,6-11H2,2-4H3. The van der Waals surface area contributed by atoms with Crippen molar-refractivity contribution in [2.45, 2.75) is 65.0 Å². The van der Waals surface area contributed by atoms with Crippen LogP contribution >= 0.6 is 0 Å². The number of aliphatic hydroxyl groups is 1. The van der Waals surface area contributed by atoms with Crippen molar-refractivity contribution in [1.29, 1.82) is 0 Å². The lowest BCUT2D eigenvalue weighted by Crippen LogP contribution is -2.36. The maximum absolute atomic E-state index is 9.93. The Kier molecular flexibility index (Phi) is 9.16. The first-order valence-electron chi connectivity index (χ1n) is 6.58. The Bertz CT molecular complexity index is 223. The lowest BCUT2D eigenvalue weighted by molar-refractivity contribution is -0.138. The van der Waals surface area contributed by atoms with Crippen LogP contribution in [-0.4, -0.2) is 34.1 Å². The minimum atomic E-state index is -0.394. The van der Waals surface area contributed by atoms with E-state index in [9.17, 15) is 10.3 Å². The molecule has 0 aromatic heterocycles. The van der Waals surface area contributed by atoms with Crippen molar-refractivity contribution in [3.05, 3.63) is 0 Å². The maximum atomic E-state index is 9.93. The fraction of sp³-hybridized carbons (Fsp3) is 0.857. The lowest BCUT2D eigenvalue weighted by atomic mass is 9.94. The molecule has 100 valence electrons. The van der Waals surface area contributed by atoms with Gasteiger partial charge in [-0.2, -0.15) is 5.06 Å². The Balaban J connectivity index is 4.26. The summed E-state index contributed by atoms with van der Waals surface area (Å²) in [5.74, 6) is 3.08. The van der Waals surface area contributed by atoms with Gasteiger partial charge in [0.25, 0.3) is 0 Å². The SMILES string of the molecule is C#CCCN(O)C(CC(C)O)CC(C)CCC. The van der Waals surface area contributed by atoms with Gasteiger partial charge in [0.15, 0.2) is 0 Å². The van der Waals surface area contributed by atoms with Gasteiger partial charge in [-0.15, -0.1) is 12.3 Å². The number of hydrogen-bond acceptors (Lipinski definition) is 3. The second-order valence-electron chi connectivity index (χ2n) is 4.99. The molecule has 0 radical (unpaired) electrons. The molecule has 0 aromatic rings. The maximum Gasteiger partial charge on any atom is 0.0527 e. The predicted molar refractivity (Wildman–Crippen MR) is 70.7 cm³/mol. The molecule has 0 fully saturated rings. The zero-order chi connectivity index (χ0) is 13.3. The van der Waals surface area contributed by atoms with E-state index in [2.05, 4.69) is 19.8 Å². The normalized spacial score (nSPS) is 16.5. The minimum absolute atomic E-state index is 0.00454. The van der Waals surface area contributed by atoms with Crippen LogP contribution < -0.4 is 0 Å². The van der Waals surface area contributed by atoms with Gasteiger partial charge in [0.05, 0.1) is 6.10 Å². The van der Waals surface area contributed by atoms with Crippen LogP contribution in [0.2, 0.25) is 0 Å². The molecule has 17 heavy (non-hydrogen) atoms. The number of aliphatic hydroxyl groups excluding tert-OH is 1. The van der Waals surface area contributed by atoms with E-state index in [0.717, 1.165) is 19.3 Å². The molecule has 0 spiro atoms. The van der Waals surface area contributed by atoms with E-state index in [4.69, 9.17) is 6.42 Å². The van der Waals surface area contributed by atoms with Crippen molar-refractivity contribution >= 4 is 0 Å². The summed E-state index contributed by atoms with van der Waals surface area (Å²) in [7, 11) is 0. The van der Waals surface area contributed by atoms with Crippen LogP contribution in [0.15, 0.2) is 0 Å². The molecule has 0 bridgehead atoms. The van der Waals surface area contributed by atoms with Gasteiger partial charge in [-0.3, -0.25) is 0 Å². The van der Waals surface area contributed by atoms with Crippen LogP contribution in [-0.2, 0) is 0 Å². The third kappa shape index (κ3) is 8.20. The number of terminal acetylenes is 1. The van der Waals surface area contributed by atoms with Crippen molar-refractivity contribution in [3.8, 4) is 12.3 Å². The third-order valence-electron chi connectivity index (χ3n) is 2.98. The van der Waals surface area contributed by atoms with Crippen molar-refractivity contribution in [2.75, 3.05) is 6.54 Å². The van der Waals surface area contributed by atoms with E-state index >= 15 is 0 Å². The van der Waals surface area contributed by atoms with Gasteiger partial charge in [-0.05, 0) is 25.7 Å². The van der Waals surface area contributed by atoms with Crippen molar-refractivity contribution in [1.82, 2.24) is 5.06 Å². The van der Waals surface area contributed by atoms with Gasteiger partial charge in [-0.1, -0.05) is 26.7 Å². The predicted octanol–water partition coefficient (Wildman–Crippen LogP) is 2.67. The van der Waals surface area contributed by atoms with E-state index in [1.54, 1.807) is 6.92 Å². The molecule has 3 unspecified atom stereocenters. The fourth-order valence-electron chi connectivity index (χ4n) is 2.17. The second kappa shape index (κ2) is 9.47. The molecular formula is C14H27NO2. The first-order valence-corrected chi connectivity index (χ1v) is 6.58. The summed E-state index contributed by atoms with van der Waals surface area (Å²) in [6.45, 7) is 6.59. The average Bonchev–Trinajstić information content (AvgIpc) is 2.24.